The molecule has 0 N–H and O–H groups in total. The molecule has 0 radical (unpaired) electrons. The number of piperidine rings is 1. The normalized spacial score (nSPS) is 23.2. The highest BCUT2D eigenvalue weighted by molar-refractivity contribution is 6.30. The molecular formula is C18H22ClNO4. The van der Waals surface area contributed by atoms with Gasteiger partial charge in [-0.25, -0.2) is 0 Å². The van der Waals surface area contributed by atoms with Crippen LogP contribution in [0.2, 0.25) is 5.02 Å². The summed E-state index contributed by atoms with van der Waals surface area (Å²) in [6.07, 6.45) is 2.22. The fraction of sp³-hybridized carbons (Fsp3) is 0.556. The average molecular weight is 352 g/mol. The lowest BCUT2D eigenvalue weighted by Gasteiger charge is -2.35. The molecule has 0 saturated carbocycles. The van der Waals surface area contributed by atoms with Crippen molar-refractivity contribution in [2.45, 2.75) is 26.2 Å². The first kappa shape index (κ1) is 17.1. The number of halogens is 1. The smallest absolute Gasteiger partial charge is 0.310 e. The van der Waals surface area contributed by atoms with Crippen LogP contribution in [-0.4, -0.2) is 43.1 Å². The number of ether oxygens (including phenoxy) is 2. The van der Waals surface area contributed by atoms with E-state index in [9.17, 15) is 9.59 Å². The summed E-state index contributed by atoms with van der Waals surface area (Å²) in [6, 6.07) is 5.49. The largest absolute Gasteiger partial charge is 0.492 e. The van der Waals surface area contributed by atoms with Crippen molar-refractivity contribution in [2.24, 2.45) is 11.8 Å². The molecule has 0 aromatic heterocycles. The molecule has 0 aliphatic carbocycles. The van der Waals surface area contributed by atoms with Crippen LogP contribution in [-0.2, 0) is 20.7 Å². The number of esters is 1. The lowest BCUT2D eigenvalue weighted by molar-refractivity contribution is -0.152. The van der Waals surface area contributed by atoms with Gasteiger partial charge in [0.05, 0.1) is 18.4 Å². The molecule has 24 heavy (non-hydrogen) atoms. The molecule has 6 heteroatoms. The van der Waals surface area contributed by atoms with E-state index >= 15 is 0 Å². The summed E-state index contributed by atoms with van der Waals surface area (Å²) in [5.41, 5.74) is 0.964. The summed E-state index contributed by atoms with van der Waals surface area (Å²) in [5.74, 6) is 0.207. The number of amides is 1. The summed E-state index contributed by atoms with van der Waals surface area (Å²) < 4.78 is 10.8. The molecule has 3 rings (SSSR count). The number of likely N-dealkylation sites (tertiary alicyclic amines) is 1. The highest BCUT2D eigenvalue weighted by Crippen LogP contribution is 2.31. The van der Waals surface area contributed by atoms with Gasteiger partial charge in [0.1, 0.15) is 12.4 Å². The molecule has 2 heterocycles. The minimum absolute atomic E-state index is 0.0506. The quantitative estimate of drug-likeness (QED) is 0.786. The van der Waals surface area contributed by atoms with Crippen LogP contribution < -0.4 is 4.74 Å². The monoisotopic (exact) mass is 351 g/mol. The molecule has 2 aliphatic rings. The lowest BCUT2D eigenvalue weighted by Crippen LogP contribution is -2.47. The van der Waals surface area contributed by atoms with Gasteiger partial charge in [-0.05, 0) is 49.9 Å². The number of carbonyl (C=O) groups excluding carboxylic acids is 2. The minimum atomic E-state index is -0.225. The van der Waals surface area contributed by atoms with Gasteiger partial charge in [0.2, 0.25) is 5.91 Å². The van der Waals surface area contributed by atoms with E-state index in [1.807, 2.05) is 12.1 Å². The summed E-state index contributed by atoms with van der Waals surface area (Å²) in [6.45, 7) is 3.67. The molecule has 1 amide bonds. The molecule has 130 valence electrons. The van der Waals surface area contributed by atoms with Crippen molar-refractivity contribution >= 4 is 23.5 Å². The van der Waals surface area contributed by atoms with Gasteiger partial charge in [0, 0.05) is 18.1 Å². The number of rotatable bonds is 3. The number of hydrogen-bond donors (Lipinski definition) is 0. The Hall–Kier alpha value is -1.75. The molecule has 0 unspecified atom stereocenters. The van der Waals surface area contributed by atoms with Gasteiger partial charge < -0.3 is 14.4 Å². The lowest BCUT2D eigenvalue weighted by atomic mass is 9.92. The van der Waals surface area contributed by atoms with Crippen molar-refractivity contribution in [2.75, 3.05) is 26.3 Å². The van der Waals surface area contributed by atoms with E-state index < -0.39 is 0 Å². The number of benzene rings is 1. The fourth-order valence-electron chi connectivity index (χ4n) is 3.41. The Morgan fingerprint density at radius 1 is 1.38 bits per heavy atom. The average Bonchev–Trinajstić information content (AvgIpc) is 2.60. The summed E-state index contributed by atoms with van der Waals surface area (Å²) in [7, 11) is 0. The zero-order valence-corrected chi connectivity index (χ0v) is 14.6. The first-order chi connectivity index (χ1) is 11.6. The van der Waals surface area contributed by atoms with Crippen LogP contribution in [0.3, 0.4) is 0 Å². The third-order valence-electron chi connectivity index (χ3n) is 4.63. The summed E-state index contributed by atoms with van der Waals surface area (Å²) >= 11 is 6.03. The highest BCUT2D eigenvalue weighted by atomic mass is 35.5. The van der Waals surface area contributed by atoms with Gasteiger partial charge in [-0.3, -0.25) is 9.59 Å². The standard InChI is InChI=1S/C18H22ClNO4/c1-2-23-18(22)12-4-3-7-20(10-12)17(21)14-8-13-9-15(19)5-6-16(13)24-11-14/h5-6,9,12,14H,2-4,7-8,10-11H2,1H3/t12-,14-/m1/s1. The fourth-order valence-corrected chi connectivity index (χ4v) is 3.60. The van der Waals surface area contributed by atoms with E-state index in [0.717, 1.165) is 24.2 Å². The minimum Gasteiger partial charge on any atom is -0.492 e. The van der Waals surface area contributed by atoms with E-state index in [2.05, 4.69) is 0 Å². The highest BCUT2D eigenvalue weighted by Gasteiger charge is 2.34. The van der Waals surface area contributed by atoms with Crippen LogP contribution in [0.25, 0.3) is 0 Å². The van der Waals surface area contributed by atoms with Gasteiger partial charge in [-0.15, -0.1) is 0 Å². The van der Waals surface area contributed by atoms with Crippen molar-refractivity contribution in [3.8, 4) is 5.75 Å². The number of fused-ring (bicyclic) bond motifs is 1. The predicted molar refractivity (Wildman–Crippen MR) is 90.1 cm³/mol. The van der Waals surface area contributed by atoms with Gasteiger partial charge in [0.15, 0.2) is 0 Å². The zero-order chi connectivity index (χ0) is 17.1. The van der Waals surface area contributed by atoms with Crippen LogP contribution in [0.15, 0.2) is 18.2 Å². The van der Waals surface area contributed by atoms with Gasteiger partial charge in [0.25, 0.3) is 0 Å². The third kappa shape index (κ3) is 3.66. The van der Waals surface area contributed by atoms with E-state index in [1.165, 1.54) is 0 Å². The molecule has 1 fully saturated rings. The zero-order valence-electron chi connectivity index (χ0n) is 13.8. The predicted octanol–water partition coefficient (Wildman–Crippen LogP) is 2.69. The second-order valence-corrected chi connectivity index (χ2v) is 6.78. The van der Waals surface area contributed by atoms with Crippen molar-refractivity contribution in [3.05, 3.63) is 28.8 Å². The number of nitrogens with zero attached hydrogens (tertiary/aromatic N) is 1. The van der Waals surface area contributed by atoms with Crippen molar-refractivity contribution in [3.63, 3.8) is 0 Å². The Kier molecular flexibility index (Phi) is 5.29. The maximum Gasteiger partial charge on any atom is 0.310 e. The van der Waals surface area contributed by atoms with Crippen LogP contribution >= 0.6 is 11.6 Å². The Balaban J connectivity index is 1.65. The molecule has 2 atom stereocenters. The van der Waals surface area contributed by atoms with Crippen molar-refractivity contribution < 1.29 is 19.1 Å². The van der Waals surface area contributed by atoms with Gasteiger partial charge in [-0.2, -0.15) is 0 Å². The molecule has 2 aliphatic heterocycles. The Labute approximate surface area is 146 Å². The van der Waals surface area contributed by atoms with Crippen molar-refractivity contribution in [1.82, 2.24) is 4.90 Å². The second kappa shape index (κ2) is 7.43. The Morgan fingerprint density at radius 2 is 2.21 bits per heavy atom. The number of hydrogen-bond acceptors (Lipinski definition) is 4. The van der Waals surface area contributed by atoms with Gasteiger partial charge in [-0.1, -0.05) is 11.6 Å². The second-order valence-electron chi connectivity index (χ2n) is 6.34. The molecule has 1 aromatic carbocycles. The van der Waals surface area contributed by atoms with Crippen LogP contribution in [0.4, 0.5) is 0 Å². The molecule has 0 spiro atoms. The van der Waals surface area contributed by atoms with Gasteiger partial charge >= 0.3 is 5.97 Å². The van der Waals surface area contributed by atoms with Crippen molar-refractivity contribution in [1.29, 1.82) is 0 Å². The maximum absolute atomic E-state index is 12.8. The molecule has 1 aromatic rings. The summed E-state index contributed by atoms with van der Waals surface area (Å²) in [5, 5.41) is 0.644. The summed E-state index contributed by atoms with van der Waals surface area (Å²) in [4.78, 5) is 26.6. The third-order valence-corrected chi connectivity index (χ3v) is 4.87. The first-order valence-electron chi connectivity index (χ1n) is 8.45. The van der Waals surface area contributed by atoms with E-state index in [-0.39, 0.29) is 23.7 Å². The molecule has 0 bridgehead atoms. The first-order valence-corrected chi connectivity index (χ1v) is 8.83. The molecule has 5 nitrogen and oxygen atoms in total. The Bertz CT molecular complexity index is 633. The van der Waals surface area contributed by atoms with Crippen LogP contribution in [0.1, 0.15) is 25.3 Å². The van der Waals surface area contributed by atoms with E-state index in [1.54, 1.807) is 17.9 Å². The van der Waals surface area contributed by atoms with E-state index in [0.29, 0.717) is 37.7 Å². The van der Waals surface area contributed by atoms with E-state index in [4.69, 9.17) is 21.1 Å². The maximum atomic E-state index is 12.8. The molecule has 1 saturated heterocycles. The Morgan fingerprint density at radius 3 is 3.00 bits per heavy atom. The van der Waals surface area contributed by atoms with Crippen LogP contribution in [0, 0.1) is 11.8 Å². The molecular weight excluding hydrogens is 330 g/mol. The SMILES string of the molecule is CCOC(=O)[C@@H]1CCCN(C(=O)[C@H]2COc3ccc(Cl)cc3C2)C1. The topological polar surface area (TPSA) is 55.8 Å². The van der Waals surface area contributed by atoms with Crippen LogP contribution in [0.5, 0.6) is 5.75 Å². The number of carbonyl (C=O) groups is 2.